The third-order valence-corrected chi connectivity index (χ3v) is 6.31. The topological polar surface area (TPSA) is 73.0 Å². The smallest absolute Gasteiger partial charge is 0.140 e. The number of pyridine rings is 1. The van der Waals surface area contributed by atoms with Crippen molar-refractivity contribution in [3.05, 3.63) is 73.2 Å². The van der Waals surface area contributed by atoms with Gasteiger partial charge in [-0.15, -0.1) is 0 Å². The molecule has 0 radical (unpaired) electrons. The van der Waals surface area contributed by atoms with Crippen molar-refractivity contribution < 1.29 is 0 Å². The molecule has 1 aliphatic rings. The van der Waals surface area contributed by atoms with Gasteiger partial charge in [0.1, 0.15) is 11.5 Å². The number of piperazine rings is 1. The standard InChI is InChI=1S/C26H25N7/c1-32-11-13-33(14-12-32)20-4-2-3-19(16-20)30-25-8-6-21-22(17-29-26(21)31-25)18-5-7-23-24(15-18)28-10-9-27-23/h2-10,15-17H,11-14H2,1H3,(H2,29,30,31). The number of benzene rings is 2. The monoisotopic (exact) mass is 435 g/mol. The number of rotatable bonds is 4. The fourth-order valence-corrected chi connectivity index (χ4v) is 4.44. The first-order valence-corrected chi connectivity index (χ1v) is 11.2. The minimum absolute atomic E-state index is 0.816. The maximum absolute atomic E-state index is 4.82. The Morgan fingerprint density at radius 2 is 1.73 bits per heavy atom. The highest BCUT2D eigenvalue weighted by Gasteiger charge is 2.15. The summed E-state index contributed by atoms with van der Waals surface area (Å²) in [6.45, 7) is 4.29. The Balaban J connectivity index is 1.26. The highest BCUT2D eigenvalue weighted by Crippen LogP contribution is 2.31. The molecule has 7 heteroatoms. The molecule has 2 aromatic carbocycles. The van der Waals surface area contributed by atoms with Crippen molar-refractivity contribution in [1.29, 1.82) is 0 Å². The third-order valence-electron chi connectivity index (χ3n) is 6.31. The minimum Gasteiger partial charge on any atom is -0.369 e. The van der Waals surface area contributed by atoms with E-state index in [4.69, 9.17) is 4.98 Å². The van der Waals surface area contributed by atoms with Crippen molar-refractivity contribution in [2.24, 2.45) is 0 Å². The maximum atomic E-state index is 4.82. The summed E-state index contributed by atoms with van der Waals surface area (Å²) >= 11 is 0. The van der Waals surface area contributed by atoms with Crippen molar-refractivity contribution >= 4 is 39.3 Å². The maximum Gasteiger partial charge on any atom is 0.140 e. The molecule has 0 aliphatic carbocycles. The molecular formula is C26H25N7. The van der Waals surface area contributed by atoms with Crippen LogP contribution in [0, 0.1) is 0 Å². The molecule has 0 atom stereocenters. The Morgan fingerprint density at radius 3 is 2.61 bits per heavy atom. The first-order valence-electron chi connectivity index (χ1n) is 11.2. The molecule has 0 amide bonds. The second-order valence-corrected chi connectivity index (χ2v) is 8.52. The molecule has 5 aromatic rings. The van der Waals surface area contributed by atoms with Crippen LogP contribution in [0.2, 0.25) is 0 Å². The van der Waals surface area contributed by atoms with E-state index in [1.54, 1.807) is 12.4 Å². The number of nitrogens with zero attached hydrogens (tertiary/aromatic N) is 5. The van der Waals surface area contributed by atoms with Gasteiger partial charge in [-0.1, -0.05) is 12.1 Å². The summed E-state index contributed by atoms with van der Waals surface area (Å²) in [4.78, 5) is 21.7. The lowest BCUT2D eigenvalue weighted by atomic mass is 10.1. The Labute approximate surface area is 192 Å². The van der Waals surface area contributed by atoms with Crippen LogP contribution >= 0.6 is 0 Å². The fraction of sp³-hybridized carbons (Fsp3) is 0.192. The number of hydrogen-bond donors (Lipinski definition) is 2. The zero-order valence-corrected chi connectivity index (χ0v) is 18.5. The highest BCUT2D eigenvalue weighted by molar-refractivity contribution is 5.96. The Hall–Kier alpha value is -3.97. The summed E-state index contributed by atoms with van der Waals surface area (Å²) in [5.41, 5.74) is 7.11. The van der Waals surface area contributed by atoms with Gasteiger partial charge in [-0.05, 0) is 55.1 Å². The van der Waals surface area contributed by atoms with Crippen LogP contribution in [-0.2, 0) is 0 Å². The Kier molecular flexibility index (Phi) is 4.88. The van der Waals surface area contributed by atoms with Gasteiger partial charge in [-0.25, -0.2) is 4.98 Å². The zero-order chi connectivity index (χ0) is 22.2. The number of fused-ring (bicyclic) bond motifs is 2. The molecule has 4 heterocycles. The van der Waals surface area contributed by atoms with Gasteiger partial charge in [-0.3, -0.25) is 9.97 Å². The van der Waals surface area contributed by atoms with Gasteiger partial charge < -0.3 is 20.1 Å². The predicted octanol–water partition coefficient (Wildman–Crippen LogP) is 4.67. The summed E-state index contributed by atoms with van der Waals surface area (Å²) < 4.78 is 0. The lowest BCUT2D eigenvalue weighted by molar-refractivity contribution is 0.313. The Morgan fingerprint density at radius 1 is 0.879 bits per heavy atom. The summed E-state index contributed by atoms with van der Waals surface area (Å²) in [6, 6.07) is 18.9. The summed E-state index contributed by atoms with van der Waals surface area (Å²) in [5, 5.41) is 4.55. The van der Waals surface area contributed by atoms with E-state index in [1.807, 2.05) is 18.3 Å². The van der Waals surface area contributed by atoms with Crippen molar-refractivity contribution in [2.75, 3.05) is 43.4 Å². The van der Waals surface area contributed by atoms with Crippen LogP contribution in [0.3, 0.4) is 0 Å². The lowest BCUT2D eigenvalue weighted by Crippen LogP contribution is -2.44. The van der Waals surface area contributed by atoms with Crippen LogP contribution in [0.5, 0.6) is 0 Å². The van der Waals surface area contributed by atoms with Crippen LogP contribution in [-0.4, -0.2) is 58.1 Å². The van der Waals surface area contributed by atoms with Crippen LogP contribution in [0.25, 0.3) is 33.2 Å². The molecule has 164 valence electrons. The van der Waals surface area contributed by atoms with Crippen LogP contribution < -0.4 is 10.2 Å². The highest BCUT2D eigenvalue weighted by atomic mass is 15.2. The largest absolute Gasteiger partial charge is 0.369 e. The van der Waals surface area contributed by atoms with Crippen molar-refractivity contribution in [3.8, 4) is 11.1 Å². The average Bonchev–Trinajstić information content (AvgIpc) is 3.28. The molecule has 1 fully saturated rings. The van der Waals surface area contributed by atoms with Crippen molar-refractivity contribution in [3.63, 3.8) is 0 Å². The molecule has 1 aliphatic heterocycles. The first kappa shape index (κ1) is 19.7. The van der Waals surface area contributed by atoms with Gasteiger partial charge in [0.15, 0.2) is 0 Å². The van der Waals surface area contributed by atoms with Gasteiger partial charge in [0.25, 0.3) is 0 Å². The normalized spacial score (nSPS) is 14.8. The van der Waals surface area contributed by atoms with Crippen molar-refractivity contribution in [2.45, 2.75) is 0 Å². The van der Waals surface area contributed by atoms with Crippen LogP contribution in [0.4, 0.5) is 17.2 Å². The van der Waals surface area contributed by atoms with E-state index in [-0.39, 0.29) is 0 Å². The van der Waals surface area contributed by atoms with E-state index in [2.05, 4.69) is 79.6 Å². The number of nitrogens with one attached hydrogen (secondary N) is 2. The lowest BCUT2D eigenvalue weighted by Gasteiger charge is -2.34. The minimum atomic E-state index is 0.816. The molecule has 3 aromatic heterocycles. The number of aromatic nitrogens is 4. The second-order valence-electron chi connectivity index (χ2n) is 8.52. The number of H-pyrrole nitrogens is 1. The van der Waals surface area contributed by atoms with E-state index in [9.17, 15) is 0 Å². The van der Waals surface area contributed by atoms with Gasteiger partial charge in [-0.2, -0.15) is 0 Å². The van der Waals surface area contributed by atoms with E-state index < -0.39 is 0 Å². The first-order chi connectivity index (χ1) is 16.2. The molecule has 7 nitrogen and oxygen atoms in total. The number of likely N-dealkylation sites (N-methyl/N-ethyl adjacent to an activating group) is 1. The SMILES string of the molecule is CN1CCN(c2cccc(Nc3ccc4c(-c5ccc6nccnc6c5)c[nH]c4n3)c2)CC1. The molecule has 0 bridgehead atoms. The van der Waals surface area contributed by atoms with E-state index >= 15 is 0 Å². The summed E-state index contributed by atoms with van der Waals surface area (Å²) in [5.74, 6) is 0.816. The molecule has 2 N–H and O–H groups in total. The predicted molar refractivity (Wildman–Crippen MR) is 134 cm³/mol. The molecule has 0 unspecified atom stereocenters. The van der Waals surface area contributed by atoms with Crippen LogP contribution in [0.15, 0.2) is 73.2 Å². The number of aromatic amines is 1. The van der Waals surface area contributed by atoms with E-state index in [1.165, 1.54) is 5.69 Å². The average molecular weight is 436 g/mol. The quantitative estimate of drug-likeness (QED) is 0.427. The molecule has 33 heavy (non-hydrogen) atoms. The molecule has 0 spiro atoms. The number of hydrogen-bond acceptors (Lipinski definition) is 6. The Bertz CT molecular complexity index is 1430. The van der Waals surface area contributed by atoms with E-state index in [0.29, 0.717) is 0 Å². The molecule has 1 saturated heterocycles. The third kappa shape index (κ3) is 3.87. The van der Waals surface area contributed by atoms with Crippen molar-refractivity contribution in [1.82, 2.24) is 24.8 Å². The molecule has 0 saturated carbocycles. The van der Waals surface area contributed by atoms with E-state index in [0.717, 1.165) is 70.9 Å². The number of anilines is 3. The fourth-order valence-electron chi connectivity index (χ4n) is 4.44. The van der Waals surface area contributed by atoms with Gasteiger partial charge in [0.2, 0.25) is 0 Å². The zero-order valence-electron chi connectivity index (χ0n) is 18.5. The van der Waals surface area contributed by atoms with Gasteiger partial charge in [0.05, 0.1) is 11.0 Å². The summed E-state index contributed by atoms with van der Waals surface area (Å²) in [7, 11) is 2.18. The second kappa shape index (κ2) is 8.18. The van der Waals surface area contributed by atoms with Crippen LogP contribution in [0.1, 0.15) is 0 Å². The summed E-state index contributed by atoms with van der Waals surface area (Å²) in [6.07, 6.45) is 5.44. The molecular weight excluding hydrogens is 410 g/mol. The van der Waals surface area contributed by atoms with Gasteiger partial charge in [0, 0.05) is 67.1 Å². The molecule has 6 rings (SSSR count). The van der Waals surface area contributed by atoms with Gasteiger partial charge >= 0.3 is 0 Å².